The first-order chi connectivity index (χ1) is 8.42. The minimum absolute atomic E-state index is 0.253. The number of halogens is 3. The molecule has 1 aliphatic heterocycles. The van der Waals surface area contributed by atoms with Crippen molar-refractivity contribution in [2.24, 2.45) is 0 Å². The van der Waals surface area contributed by atoms with E-state index < -0.39 is 12.6 Å². The molecule has 0 aromatic carbocycles. The molecule has 0 aromatic heterocycles. The maximum atomic E-state index is 12.0. The second-order valence-electron chi connectivity index (χ2n) is 5.24. The minimum Gasteiger partial charge on any atom is -0.314 e. The highest BCUT2D eigenvalue weighted by Gasteiger charge is 2.27. The largest absolute Gasteiger partial charge is 0.389 e. The summed E-state index contributed by atoms with van der Waals surface area (Å²) in [5.74, 6) is 0. The Hall–Kier alpha value is -0.290. The standard InChI is InChI=1S/C13H25F3N2/c1-3-17-12-6-9-18(11(2)10-12)8-5-4-7-13(14,15)16/h11-12,17H,3-10H2,1-2H3. The van der Waals surface area contributed by atoms with Gasteiger partial charge >= 0.3 is 6.18 Å². The van der Waals surface area contributed by atoms with Crippen LogP contribution in [0.1, 0.15) is 46.0 Å². The van der Waals surface area contributed by atoms with Gasteiger partial charge in [-0.1, -0.05) is 6.92 Å². The zero-order chi connectivity index (χ0) is 13.6. The van der Waals surface area contributed by atoms with Gasteiger partial charge in [-0.2, -0.15) is 13.2 Å². The molecule has 0 aromatic rings. The third-order valence-electron chi connectivity index (χ3n) is 3.66. The van der Waals surface area contributed by atoms with Crippen LogP contribution in [-0.2, 0) is 0 Å². The molecule has 0 aliphatic carbocycles. The summed E-state index contributed by atoms with van der Waals surface area (Å²) < 4.78 is 36.0. The van der Waals surface area contributed by atoms with Gasteiger partial charge in [0.15, 0.2) is 0 Å². The van der Waals surface area contributed by atoms with Crippen molar-refractivity contribution in [3.63, 3.8) is 0 Å². The molecule has 0 amide bonds. The number of nitrogens with zero attached hydrogens (tertiary/aromatic N) is 1. The fourth-order valence-electron chi connectivity index (χ4n) is 2.67. The Morgan fingerprint density at radius 1 is 1.28 bits per heavy atom. The van der Waals surface area contributed by atoms with Gasteiger partial charge in [0.2, 0.25) is 0 Å². The highest BCUT2D eigenvalue weighted by molar-refractivity contribution is 4.82. The molecule has 1 saturated heterocycles. The molecule has 1 rings (SSSR count). The van der Waals surface area contributed by atoms with Crippen LogP contribution in [0.5, 0.6) is 0 Å². The average Bonchev–Trinajstić information content (AvgIpc) is 2.26. The van der Waals surface area contributed by atoms with Crippen LogP contribution < -0.4 is 5.32 Å². The van der Waals surface area contributed by atoms with Crippen LogP contribution in [0.2, 0.25) is 0 Å². The summed E-state index contributed by atoms with van der Waals surface area (Å²) in [4.78, 5) is 2.32. The van der Waals surface area contributed by atoms with Crippen LogP contribution in [0.25, 0.3) is 0 Å². The second kappa shape index (κ2) is 7.34. The quantitative estimate of drug-likeness (QED) is 0.743. The number of hydrogen-bond acceptors (Lipinski definition) is 2. The van der Waals surface area contributed by atoms with E-state index in [0.29, 0.717) is 18.5 Å². The lowest BCUT2D eigenvalue weighted by Gasteiger charge is -2.38. The van der Waals surface area contributed by atoms with Crippen LogP contribution in [0.15, 0.2) is 0 Å². The molecule has 2 atom stereocenters. The van der Waals surface area contributed by atoms with E-state index in [0.717, 1.165) is 32.5 Å². The van der Waals surface area contributed by atoms with Gasteiger partial charge in [0.05, 0.1) is 0 Å². The Morgan fingerprint density at radius 2 is 2.00 bits per heavy atom. The third kappa shape index (κ3) is 6.05. The zero-order valence-corrected chi connectivity index (χ0v) is 11.4. The topological polar surface area (TPSA) is 15.3 Å². The fraction of sp³-hybridized carbons (Fsp3) is 1.00. The highest BCUT2D eigenvalue weighted by Crippen LogP contribution is 2.23. The van der Waals surface area contributed by atoms with Crippen molar-refractivity contribution in [3.8, 4) is 0 Å². The summed E-state index contributed by atoms with van der Waals surface area (Å²) in [5.41, 5.74) is 0. The SMILES string of the molecule is CCNC1CCN(CCCCC(F)(F)F)C(C)C1. The maximum Gasteiger partial charge on any atom is 0.389 e. The molecule has 5 heteroatoms. The molecule has 0 saturated carbocycles. The van der Waals surface area contributed by atoms with E-state index in [4.69, 9.17) is 0 Å². The van der Waals surface area contributed by atoms with E-state index >= 15 is 0 Å². The van der Waals surface area contributed by atoms with Gasteiger partial charge in [0, 0.05) is 18.5 Å². The molecule has 108 valence electrons. The van der Waals surface area contributed by atoms with Crippen molar-refractivity contribution >= 4 is 0 Å². The second-order valence-corrected chi connectivity index (χ2v) is 5.24. The van der Waals surface area contributed by atoms with Crippen LogP contribution in [0.3, 0.4) is 0 Å². The van der Waals surface area contributed by atoms with Crippen molar-refractivity contribution in [1.82, 2.24) is 10.2 Å². The first kappa shape index (κ1) is 15.8. The van der Waals surface area contributed by atoms with E-state index in [1.54, 1.807) is 0 Å². The Morgan fingerprint density at radius 3 is 2.56 bits per heavy atom. The first-order valence-electron chi connectivity index (χ1n) is 6.96. The molecule has 2 unspecified atom stereocenters. The number of rotatable bonds is 6. The predicted octanol–water partition coefficient (Wildman–Crippen LogP) is 3.18. The lowest BCUT2D eigenvalue weighted by Crippen LogP contribution is -2.47. The van der Waals surface area contributed by atoms with Gasteiger partial charge in [-0.05, 0) is 52.2 Å². The number of unbranched alkanes of at least 4 members (excludes halogenated alkanes) is 1. The molecule has 1 aliphatic rings. The predicted molar refractivity (Wildman–Crippen MR) is 67.6 cm³/mol. The summed E-state index contributed by atoms with van der Waals surface area (Å²) in [7, 11) is 0. The van der Waals surface area contributed by atoms with Gasteiger partial charge in [0.1, 0.15) is 0 Å². The Labute approximate surface area is 108 Å². The lowest BCUT2D eigenvalue weighted by atomic mass is 9.98. The summed E-state index contributed by atoms with van der Waals surface area (Å²) in [6.45, 7) is 7.07. The van der Waals surface area contributed by atoms with Gasteiger partial charge in [-0.3, -0.25) is 0 Å². The molecule has 0 bridgehead atoms. The molecule has 18 heavy (non-hydrogen) atoms. The van der Waals surface area contributed by atoms with E-state index in [1.165, 1.54) is 0 Å². The molecule has 1 fully saturated rings. The van der Waals surface area contributed by atoms with E-state index in [-0.39, 0.29) is 6.42 Å². The number of alkyl halides is 3. The molecule has 1 N–H and O–H groups in total. The van der Waals surface area contributed by atoms with Crippen LogP contribution in [0.4, 0.5) is 13.2 Å². The third-order valence-corrected chi connectivity index (χ3v) is 3.66. The molecule has 1 heterocycles. The summed E-state index contributed by atoms with van der Waals surface area (Å²) in [5, 5.41) is 3.45. The Kier molecular flexibility index (Phi) is 6.43. The van der Waals surface area contributed by atoms with Crippen LogP contribution in [0, 0.1) is 0 Å². The number of likely N-dealkylation sites (tertiary alicyclic amines) is 1. The number of hydrogen-bond donors (Lipinski definition) is 1. The van der Waals surface area contributed by atoms with Gasteiger partial charge in [0.25, 0.3) is 0 Å². The summed E-state index contributed by atoms with van der Waals surface area (Å²) in [6, 6.07) is 1.06. The Balaban J connectivity index is 2.16. The molecule has 0 spiro atoms. The summed E-state index contributed by atoms with van der Waals surface area (Å²) >= 11 is 0. The highest BCUT2D eigenvalue weighted by atomic mass is 19.4. The van der Waals surface area contributed by atoms with E-state index in [9.17, 15) is 13.2 Å². The molecule has 0 radical (unpaired) electrons. The minimum atomic E-state index is -4.00. The fourth-order valence-corrected chi connectivity index (χ4v) is 2.67. The molecular formula is C13H25F3N2. The monoisotopic (exact) mass is 266 g/mol. The van der Waals surface area contributed by atoms with Crippen molar-refractivity contribution in [3.05, 3.63) is 0 Å². The summed E-state index contributed by atoms with van der Waals surface area (Å²) in [6.07, 6.45) is -1.53. The van der Waals surface area contributed by atoms with Crippen molar-refractivity contribution in [2.75, 3.05) is 19.6 Å². The molecule has 2 nitrogen and oxygen atoms in total. The van der Waals surface area contributed by atoms with Crippen molar-refractivity contribution < 1.29 is 13.2 Å². The van der Waals surface area contributed by atoms with Crippen LogP contribution in [-0.4, -0.2) is 42.8 Å². The maximum absolute atomic E-state index is 12.0. The average molecular weight is 266 g/mol. The van der Waals surface area contributed by atoms with Crippen LogP contribution >= 0.6 is 0 Å². The first-order valence-corrected chi connectivity index (χ1v) is 6.96. The number of piperidine rings is 1. The van der Waals surface area contributed by atoms with Gasteiger partial charge < -0.3 is 10.2 Å². The van der Waals surface area contributed by atoms with Gasteiger partial charge in [-0.15, -0.1) is 0 Å². The normalized spacial score (nSPS) is 26.5. The lowest BCUT2D eigenvalue weighted by molar-refractivity contribution is -0.135. The smallest absolute Gasteiger partial charge is 0.314 e. The van der Waals surface area contributed by atoms with E-state index in [2.05, 4.69) is 24.1 Å². The number of nitrogens with one attached hydrogen (secondary N) is 1. The van der Waals surface area contributed by atoms with E-state index in [1.807, 2.05) is 0 Å². The van der Waals surface area contributed by atoms with Crippen molar-refractivity contribution in [1.29, 1.82) is 0 Å². The zero-order valence-electron chi connectivity index (χ0n) is 11.4. The van der Waals surface area contributed by atoms with Crippen molar-refractivity contribution in [2.45, 2.75) is 64.2 Å². The molecular weight excluding hydrogens is 241 g/mol. The Bertz CT molecular complexity index is 231. The van der Waals surface area contributed by atoms with Gasteiger partial charge in [-0.25, -0.2) is 0 Å².